The average molecular weight is 260 g/mol. The van der Waals surface area contributed by atoms with Crippen LogP contribution in [0.25, 0.3) is 0 Å². The number of nitrogens with one attached hydrogen (secondary N) is 1. The maximum atomic E-state index is 5.50. The van der Waals surface area contributed by atoms with Crippen molar-refractivity contribution >= 4 is 0 Å². The largest absolute Gasteiger partial charge is 0.458 e. The van der Waals surface area contributed by atoms with Crippen molar-refractivity contribution in [1.29, 1.82) is 0 Å². The first-order valence-corrected chi connectivity index (χ1v) is 6.55. The van der Waals surface area contributed by atoms with Gasteiger partial charge in [-0.15, -0.1) is 5.10 Å². The lowest BCUT2D eigenvalue weighted by molar-refractivity contribution is 0.280. The predicted octanol–water partition coefficient (Wildman–Crippen LogP) is 1.55. The van der Waals surface area contributed by atoms with Gasteiger partial charge in [-0.3, -0.25) is 4.68 Å². The number of aryl methyl sites for hydroxylation is 1. The summed E-state index contributed by atoms with van der Waals surface area (Å²) in [6.07, 6.45) is 2.68. The molecular weight excluding hydrogens is 240 g/mol. The molecule has 1 N–H and O–H groups in total. The summed E-state index contributed by atoms with van der Waals surface area (Å²) in [5.41, 5.74) is 2.46. The molecule has 1 heterocycles. The maximum Gasteiger partial charge on any atom is 0.335 e. The van der Waals surface area contributed by atoms with Gasteiger partial charge in [-0.1, -0.05) is 31.2 Å². The second-order valence-corrected chi connectivity index (χ2v) is 4.41. The molecule has 2 aromatic rings. The highest BCUT2D eigenvalue weighted by Crippen LogP contribution is 2.08. The molecule has 0 radical (unpaired) electrons. The molecule has 0 amide bonds. The van der Waals surface area contributed by atoms with Crippen molar-refractivity contribution in [2.75, 3.05) is 13.1 Å². The minimum atomic E-state index is 0.415. The van der Waals surface area contributed by atoms with Gasteiger partial charge >= 0.3 is 6.01 Å². The van der Waals surface area contributed by atoms with Crippen molar-refractivity contribution in [2.24, 2.45) is 7.05 Å². The second kappa shape index (κ2) is 6.89. The summed E-state index contributed by atoms with van der Waals surface area (Å²) in [5, 5.41) is 7.39. The second-order valence-electron chi connectivity index (χ2n) is 4.41. The highest BCUT2D eigenvalue weighted by Gasteiger charge is 2.00. The molecule has 5 heteroatoms. The molecule has 1 aromatic heterocycles. The highest BCUT2D eigenvalue weighted by molar-refractivity contribution is 5.22. The molecule has 19 heavy (non-hydrogen) atoms. The number of nitrogens with zero attached hydrogens (tertiary/aromatic N) is 3. The fraction of sp³-hybridized carbons (Fsp3) is 0.429. The smallest absolute Gasteiger partial charge is 0.335 e. The lowest BCUT2D eigenvalue weighted by atomic mass is 10.1. The highest BCUT2D eigenvalue weighted by atomic mass is 16.5. The molecule has 1 aromatic carbocycles. The summed E-state index contributed by atoms with van der Waals surface area (Å²) in [7, 11) is 1.82. The van der Waals surface area contributed by atoms with Crippen LogP contribution in [0, 0.1) is 0 Å². The van der Waals surface area contributed by atoms with Crippen LogP contribution in [0.15, 0.2) is 30.6 Å². The lowest BCUT2D eigenvalue weighted by Crippen LogP contribution is -2.15. The summed E-state index contributed by atoms with van der Waals surface area (Å²) >= 11 is 0. The molecule has 2 rings (SSSR count). The Kier molecular flexibility index (Phi) is 4.92. The van der Waals surface area contributed by atoms with E-state index in [2.05, 4.69) is 46.6 Å². The Hall–Kier alpha value is -1.88. The molecule has 0 atom stereocenters. The summed E-state index contributed by atoms with van der Waals surface area (Å²) in [5.74, 6) is 0. The van der Waals surface area contributed by atoms with Crippen molar-refractivity contribution in [3.8, 4) is 6.01 Å². The van der Waals surface area contributed by atoms with E-state index in [0.717, 1.165) is 25.1 Å². The van der Waals surface area contributed by atoms with Crippen LogP contribution in [0.3, 0.4) is 0 Å². The van der Waals surface area contributed by atoms with Gasteiger partial charge in [-0.05, 0) is 30.6 Å². The van der Waals surface area contributed by atoms with Crippen molar-refractivity contribution in [3.05, 3.63) is 41.7 Å². The van der Waals surface area contributed by atoms with E-state index in [1.807, 2.05) is 7.05 Å². The minimum absolute atomic E-state index is 0.415. The standard InChI is InChI=1S/C14H20N4O/c1-3-15-9-8-12-4-6-13(7-5-12)10-19-14-16-11-18(2)17-14/h4-7,11,15H,3,8-10H2,1-2H3. The van der Waals surface area contributed by atoms with Gasteiger partial charge in [0.1, 0.15) is 12.9 Å². The number of benzene rings is 1. The normalized spacial score (nSPS) is 10.6. The predicted molar refractivity (Wildman–Crippen MR) is 74.0 cm³/mol. The van der Waals surface area contributed by atoms with E-state index in [1.165, 1.54) is 5.56 Å². The van der Waals surface area contributed by atoms with Gasteiger partial charge in [0.15, 0.2) is 0 Å². The van der Waals surface area contributed by atoms with E-state index in [0.29, 0.717) is 12.6 Å². The summed E-state index contributed by atoms with van der Waals surface area (Å²) in [6, 6.07) is 8.87. The van der Waals surface area contributed by atoms with Crippen LogP contribution in [0.4, 0.5) is 0 Å². The first-order chi connectivity index (χ1) is 9.28. The molecule has 0 aliphatic carbocycles. The third kappa shape index (κ3) is 4.37. The molecule has 0 spiro atoms. The quantitative estimate of drug-likeness (QED) is 0.767. The molecule has 5 nitrogen and oxygen atoms in total. The number of aromatic nitrogens is 3. The van der Waals surface area contributed by atoms with Gasteiger partial charge in [0.2, 0.25) is 0 Å². The molecule has 0 aliphatic rings. The average Bonchev–Trinajstić information content (AvgIpc) is 2.84. The number of likely N-dealkylation sites (N-methyl/N-ethyl adjacent to an activating group) is 1. The summed E-state index contributed by atoms with van der Waals surface area (Å²) in [6.45, 7) is 4.65. The number of ether oxygens (including phenoxy) is 1. The van der Waals surface area contributed by atoms with E-state index in [-0.39, 0.29) is 0 Å². The first-order valence-electron chi connectivity index (χ1n) is 6.55. The van der Waals surface area contributed by atoms with Gasteiger partial charge in [-0.25, -0.2) is 0 Å². The Morgan fingerprint density at radius 3 is 2.58 bits per heavy atom. The molecule has 0 bridgehead atoms. The van der Waals surface area contributed by atoms with Gasteiger partial charge in [-0.2, -0.15) is 4.98 Å². The van der Waals surface area contributed by atoms with Crippen LogP contribution in [0.5, 0.6) is 6.01 Å². The summed E-state index contributed by atoms with van der Waals surface area (Å²) in [4.78, 5) is 4.02. The Labute approximate surface area is 113 Å². The van der Waals surface area contributed by atoms with Crippen LogP contribution in [-0.2, 0) is 20.1 Å². The van der Waals surface area contributed by atoms with Crippen LogP contribution in [-0.4, -0.2) is 27.9 Å². The van der Waals surface area contributed by atoms with Crippen molar-refractivity contribution < 1.29 is 4.74 Å². The molecule has 102 valence electrons. The van der Waals surface area contributed by atoms with E-state index in [4.69, 9.17) is 4.74 Å². The Morgan fingerprint density at radius 1 is 1.21 bits per heavy atom. The van der Waals surface area contributed by atoms with Crippen LogP contribution < -0.4 is 10.1 Å². The molecule has 0 saturated heterocycles. The zero-order valence-corrected chi connectivity index (χ0v) is 11.5. The van der Waals surface area contributed by atoms with Gasteiger partial charge in [0.05, 0.1) is 0 Å². The Bertz CT molecular complexity index is 492. The van der Waals surface area contributed by atoms with Crippen LogP contribution in [0.1, 0.15) is 18.1 Å². The molecule has 0 fully saturated rings. The number of hydrogen-bond acceptors (Lipinski definition) is 4. The summed E-state index contributed by atoms with van der Waals surface area (Å²) < 4.78 is 7.12. The zero-order chi connectivity index (χ0) is 13.5. The molecule has 0 unspecified atom stereocenters. The maximum absolute atomic E-state index is 5.50. The zero-order valence-electron chi connectivity index (χ0n) is 11.5. The minimum Gasteiger partial charge on any atom is -0.458 e. The van der Waals surface area contributed by atoms with E-state index < -0.39 is 0 Å². The monoisotopic (exact) mass is 260 g/mol. The fourth-order valence-electron chi connectivity index (χ4n) is 1.75. The SMILES string of the molecule is CCNCCc1ccc(COc2ncn(C)n2)cc1. The number of hydrogen-bond donors (Lipinski definition) is 1. The van der Waals surface area contributed by atoms with Crippen molar-refractivity contribution in [1.82, 2.24) is 20.1 Å². The Morgan fingerprint density at radius 2 is 1.95 bits per heavy atom. The molecular formula is C14H20N4O. The van der Waals surface area contributed by atoms with Gasteiger partial charge < -0.3 is 10.1 Å². The molecule has 0 saturated carbocycles. The Balaban J connectivity index is 1.81. The lowest BCUT2D eigenvalue weighted by Gasteiger charge is -2.05. The van der Waals surface area contributed by atoms with Gasteiger partial charge in [0.25, 0.3) is 0 Å². The van der Waals surface area contributed by atoms with Crippen LogP contribution >= 0.6 is 0 Å². The van der Waals surface area contributed by atoms with Crippen molar-refractivity contribution in [2.45, 2.75) is 20.0 Å². The fourth-order valence-corrected chi connectivity index (χ4v) is 1.75. The van der Waals surface area contributed by atoms with Gasteiger partial charge in [0, 0.05) is 7.05 Å². The van der Waals surface area contributed by atoms with E-state index >= 15 is 0 Å². The molecule has 0 aliphatic heterocycles. The third-order valence-corrected chi connectivity index (χ3v) is 2.81. The van der Waals surface area contributed by atoms with Crippen molar-refractivity contribution in [3.63, 3.8) is 0 Å². The number of rotatable bonds is 7. The third-order valence-electron chi connectivity index (χ3n) is 2.81. The van der Waals surface area contributed by atoms with E-state index in [9.17, 15) is 0 Å². The van der Waals surface area contributed by atoms with E-state index in [1.54, 1.807) is 11.0 Å². The topological polar surface area (TPSA) is 52.0 Å². The van der Waals surface area contributed by atoms with Crippen LogP contribution in [0.2, 0.25) is 0 Å². The first kappa shape index (κ1) is 13.5.